The molecule has 4 N–H and O–H groups in total. The first-order chi connectivity index (χ1) is 12.5. The number of halogens is 1. The van der Waals surface area contributed by atoms with E-state index >= 15 is 0 Å². The number of amides is 2. The molecule has 10 heteroatoms. The van der Waals surface area contributed by atoms with Crippen LogP contribution in [0.3, 0.4) is 0 Å². The molecule has 0 aliphatic rings. The van der Waals surface area contributed by atoms with Crippen molar-refractivity contribution in [3.63, 3.8) is 0 Å². The van der Waals surface area contributed by atoms with Gasteiger partial charge in [-0.25, -0.2) is 4.79 Å². The van der Waals surface area contributed by atoms with Crippen LogP contribution < -0.4 is 15.4 Å². The Morgan fingerprint density at radius 3 is 2.52 bits per heavy atom. The van der Waals surface area contributed by atoms with Gasteiger partial charge in [0.2, 0.25) is 5.91 Å². The highest BCUT2D eigenvalue weighted by Crippen LogP contribution is 2.43. The molecule has 1 aromatic heterocycles. The largest absolute Gasteiger partial charge is 0.507 e. The molecule has 0 radical (unpaired) electrons. The number of nitrogens with one attached hydrogen (secondary N) is 2. The second-order valence-electron chi connectivity index (χ2n) is 6.64. The van der Waals surface area contributed by atoms with Crippen molar-refractivity contribution in [2.75, 3.05) is 11.9 Å². The second-order valence-corrected chi connectivity index (χ2v) is 7.04. The fourth-order valence-corrected chi connectivity index (χ4v) is 2.10. The third-order valence-electron chi connectivity index (χ3n) is 3.40. The Hall–Kier alpha value is -2.94. The molecule has 2 rings (SSSR count). The molecule has 0 saturated heterocycles. The van der Waals surface area contributed by atoms with Crippen molar-refractivity contribution >= 4 is 29.3 Å². The number of phenols is 2. The van der Waals surface area contributed by atoms with E-state index in [1.165, 1.54) is 6.07 Å². The predicted octanol–water partition coefficient (Wildman–Crippen LogP) is 3.50. The Bertz CT molecular complexity index is 872. The van der Waals surface area contributed by atoms with Gasteiger partial charge in [-0.1, -0.05) is 32.4 Å². The molecule has 0 saturated carbocycles. The van der Waals surface area contributed by atoms with Crippen molar-refractivity contribution in [2.45, 2.75) is 27.7 Å². The van der Waals surface area contributed by atoms with Crippen LogP contribution >= 0.6 is 11.6 Å². The van der Waals surface area contributed by atoms with Gasteiger partial charge in [-0.15, -0.1) is 0 Å². The summed E-state index contributed by atoms with van der Waals surface area (Å²) in [5.74, 6) is -1.50. The molecule has 0 unspecified atom stereocenters. The van der Waals surface area contributed by atoms with E-state index in [9.17, 15) is 19.8 Å². The maximum Gasteiger partial charge on any atom is 0.414 e. The van der Waals surface area contributed by atoms with Gasteiger partial charge in [0.15, 0.2) is 11.4 Å². The summed E-state index contributed by atoms with van der Waals surface area (Å²) in [4.78, 5) is 24.1. The van der Waals surface area contributed by atoms with Crippen LogP contribution in [-0.2, 0) is 4.79 Å². The van der Waals surface area contributed by atoms with Gasteiger partial charge in [0.05, 0.1) is 10.6 Å². The summed E-state index contributed by atoms with van der Waals surface area (Å²) in [7, 11) is 0. The Balaban J connectivity index is 2.54. The highest BCUT2D eigenvalue weighted by atomic mass is 35.5. The van der Waals surface area contributed by atoms with Crippen LogP contribution in [-0.4, -0.2) is 33.9 Å². The minimum absolute atomic E-state index is 0.0419. The molecule has 0 aliphatic carbocycles. The molecular formula is C17H20ClN3O6. The Morgan fingerprint density at radius 2 is 1.93 bits per heavy atom. The van der Waals surface area contributed by atoms with Gasteiger partial charge in [0, 0.05) is 18.0 Å². The zero-order valence-corrected chi connectivity index (χ0v) is 16.0. The van der Waals surface area contributed by atoms with Crippen LogP contribution in [0.2, 0.25) is 5.02 Å². The number of rotatable bonds is 4. The van der Waals surface area contributed by atoms with E-state index in [1.54, 1.807) is 27.7 Å². The summed E-state index contributed by atoms with van der Waals surface area (Å²) in [5, 5.41) is 28.3. The molecule has 146 valence electrons. The summed E-state index contributed by atoms with van der Waals surface area (Å²) in [6.07, 6.45) is -0.795. The van der Waals surface area contributed by atoms with Gasteiger partial charge in [-0.3, -0.25) is 4.79 Å². The van der Waals surface area contributed by atoms with Crippen molar-refractivity contribution in [2.24, 2.45) is 5.41 Å². The molecule has 1 aromatic carbocycles. The Labute approximate surface area is 160 Å². The summed E-state index contributed by atoms with van der Waals surface area (Å²) >= 11 is 5.89. The second kappa shape index (κ2) is 7.75. The maximum atomic E-state index is 12.4. The summed E-state index contributed by atoms with van der Waals surface area (Å²) in [5.41, 5.74) is -0.787. The SMILES string of the molecule is CCNC(=O)Oc1noc(-c2cc(Cl)c(O)cc2O)c1NC(=O)C(C)(C)C. The lowest BCUT2D eigenvalue weighted by atomic mass is 9.95. The first-order valence-corrected chi connectivity index (χ1v) is 8.41. The molecule has 0 atom stereocenters. The minimum Gasteiger partial charge on any atom is -0.507 e. The number of carbonyl (C=O) groups is 2. The quantitative estimate of drug-likeness (QED) is 0.620. The number of hydrogen-bond acceptors (Lipinski definition) is 7. The number of carbonyl (C=O) groups excluding carboxylic acids is 2. The number of hydrogen-bond donors (Lipinski definition) is 4. The molecule has 0 bridgehead atoms. The van der Waals surface area contributed by atoms with E-state index in [2.05, 4.69) is 15.8 Å². The number of aromatic hydroxyl groups is 2. The lowest BCUT2D eigenvalue weighted by Gasteiger charge is -2.17. The number of aromatic nitrogens is 1. The summed E-state index contributed by atoms with van der Waals surface area (Å²) in [6.45, 7) is 7.09. The monoisotopic (exact) mass is 397 g/mol. The lowest BCUT2D eigenvalue weighted by Crippen LogP contribution is -2.29. The fourth-order valence-electron chi connectivity index (χ4n) is 1.94. The number of nitrogens with zero attached hydrogens (tertiary/aromatic N) is 1. The van der Waals surface area contributed by atoms with Crippen molar-refractivity contribution in [1.29, 1.82) is 0 Å². The van der Waals surface area contributed by atoms with E-state index in [0.29, 0.717) is 6.54 Å². The molecule has 0 spiro atoms. The predicted molar refractivity (Wildman–Crippen MR) is 98.1 cm³/mol. The van der Waals surface area contributed by atoms with Gasteiger partial charge in [-0.05, 0) is 18.1 Å². The number of phenolic OH excluding ortho intramolecular Hbond substituents is 2. The van der Waals surface area contributed by atoms with Crippen LogP contribution in [0.4, 0.5) is 10.5 Å². The van der Waals surface area contributed by atoms with E-state index in [-0.39, 0.29) is 39.4 Å². The number of benzene rings is 1. The van der Waals surface area contributed by atoms with Crippen molar-refractivity contribution < 1.29 is 29.1 Å². The Kier molecular flexibility index (Phi) is 5.85. The van der Waals surface area contributed by atoms with Gasteiger partial charge >= 0.3 is 6.09 Å². The first kappa shape index (κ1) is 20.4. The van der Waals surface area contributed by atoms with Crippen molar-refractivity contribution in [3.05, 3.63) is 17.2 Å². The molecule has 2 aromatic rings. The van der Waals surface area contributed by atoms with Gasteiger partial charge < -0.3 is 30.1 Å². The fraction of sp³-hybridized carbons (Fsp3) is 0.353. The molecule has 9 nitrogen and oxygen atoms in total. The smallest absolute Gasteiger partial charge is 0.414 e. The molecule has 1 heterocycles. The van der Waals surface area contributed by atoms with Gasteiger partial charge in [0.25, 0.3) is 5.88 Å². The van der Waals surface area contributed by atoms with E-state index in [4.69, 9.17) is 20.9 Å². The van der Waals surface area contributed by atoms with Crippen molar-refractivity contribution in [1.82, 2.24) is 10.5 Å². The standard InChI is InChI=1S/C17H20ClN3O6/c1-5-19-16(25)26-14-12(20-15(24)17(2,3)4)13(27-21-14)8-6-9(18)11(23)7-10(8)22/h6-7,22-23H,5H2,1-4H3,(H,19,25)(H,20,24). The van der Waals surface area contributed by atoms with Crippen LogP contribution in [0, 0.1) is 5.41 Å². The molecule has 0 fully saturated rings. The number of ether oxygens (including phenoxy) is 1. The third kappa shape index (κ3) is 4.62. The summed E-state index contributed by atoms with van der Waals surface area (Å²) in [6, 6.07) is 2.25. The molecule has 0 aliphatic heterocycles. The van der Waals surface area contributed by atoms with Crippen LogP contribution in [0.25, 0.3) is 11.3 Å². The van der Waals surface area contributed by atoms with E-state index in [1.807, 2.05) is 0 Å². The molecule has 2 amide bonds. The van der Waals surface area contributed by atoms with Crippen LogP contribution in [0.1, 0.15) is 27.7 Å². The van der Waals surface area contributed by atoms with E-state index in [0.717, 1.165) is 6.07 Å². The topological polar surface area (TPSA) is 134 Å². The average molecular weight is 398 g/mol. The van der Waals surface area contributed by atoms with Crippen LogP contribution in [0.15, 0.2) is 16.7 Å². The van der Waals surface area contributed by atoms with Crippen LogP contribution in [0.5, 0.6) is 17.4 Å². The summed E-state index contributed by atoms with van der Waals surface area (Å²) < 4.78 is 10.2. The lowest BCUT2D eigenvalue weighted by molar-refractivity contribution is -0.123. The van der Waals surface area contributed by atoms with Gasteiger partial charge in [-0.2, -0.15) is 0 Å². The normalized spacial score (nSPS) is 11.1. The molecular weight excluding hydrogens is 378 g/mol. The highest BCUT2D eigenvalue weighted by Gasteiger charge is 2.29. The highest BCUT2D eigenvalue weighted by molar-refractivity contribution is 6.32. The third-order valence-corrected chi connectivity index (χ3v) is 3.70. The Morgan fingerprint density at radius 1 is 1.26 bits per heavy atom. The van der Waals surface area contributed by atoms with Crippen molar-refractivity contribution in [3.8, 4) is 28.7 Å². The van der Waals surface area contributed by atoms with E-state index < -0.39 is 17.4 Å². The average Bonchev–Trinajstić information content (AvgIpc) is 2.92. The van der Waals surface area contributed by atoms with Gasteiger partial charge in [0.1, 0.15) is 11.5 Å². The first-order valence-electron chi connectivity index (χ1n) is 8.03. The minimum atomic E-state index is -0.795. The zero-order chi connectivity index (χ0) is 20.4. The maximum absolute atomic E-state index is 12.4. The zero-order valence-electron chi connectivity index (χ0n) is 15.2. The molecule has 27 heavy (non-hydrogen) atoms. The number of anilines is 1.